The minimum Gasteiger partial charge on any atom is -0.476 e. The molecule has 0 spiro atoms. The molecule has 1 aromatic carbocycles. The summed E-state index contributed by atoms with van der Waals surface area (Å²) in [5.74, 6) is -1.43. The Hall–Kier alpha value is -1.44. The summed E-state index contributed by atoms with van der Waals surface area (Å²) in [4.78, 5) is 14.4. The molecule has 1 heterocycles. The number of aromatic nitrogens is 1. The van der Waals surface area contributed by atoms with Crippen LogP contribution in [-0.2, 0) is 0 Å². The molecule has 82 valence electrons. The lowest BCUT2D eigenvalue weighted by Gasteiger charge is -2.01. The molecule has 4 nitrogen and oxygen atoms in total. The first kappa shape index (κ1) is 11.1. The van der Waals surface area contributed by atoms with E-state index < -0.39 is 5.97 Å². The Morgan fingerprint density at radius 1 is 1.50 bits per heavy atom. The van der Waals surface area contributed by atoms with Crippen molar-refractivity contribution >= 4 is 28.6 Å². The summed E-state index contributed by atoms with van der Waals surface area (Å²) in [7, 11) is 0. The molecule has 0 fully saturated rings. The summed E-state index contributed by atoms with van der Waals surface area (Å²) in [5.41, 5.74) is 0.335. The molecule has 0 unspecified atom stereocenters. The number of rotatable bonds is 2. The van der Waals surface area contributed by atoms with Crippen LogP contribution in [0.5, 0.6) is 0 Å². The summed E-state index contributed by atoms with van der Waals surface area (Å²) in [5, 5.41) is 8.86. The molecule has 16 heavy (non-hydrogen) atoms. The minimum absolute atomic E-state index is 0.136. The predicted molar refractivity (Wildman–Crippen MR) is 61.6 cm³/mol. The van der Waals surface area contributed by atoms with Crippen molar-refractivity contribution in [1.29, 1.82) is 0 Å². The van der Waals surface area contributed by atoms with Crippen LogP contribution in [0.3, 0.4) is 0 Å². The van der Waals surface area contributed by atoms with E-state index in [0.29, 0.717) is 9.13 Å². The minimum atomic E-state index is -1.18. The molecular weight excluding hydrogens is 328 g/mol. The van der Waals surface area contributed by atoms with Crippen molar-refractivity contribution in [1.82, 2.24) is 4.98 Å². The largest absolute Gasteiger partial charge is 0.476 e. The lowest BCUT2D eigenvalue weighted by Crippen LogP contribution is -1.99. The van der Waals surface area contributed by atoms with Crippen LogP contribution in [0.2, 0.25) is 0 Å². The first-order valence-electron chi connectivity index (χ1n) is 4.22. The topological polar surface area (TPSA) is 63.3 Å². The molecule has 0 aliphatic rings. The van der Waals surface area contributed by atoms with Crippen LogP contribution in [0.15, 0.2) is 29.0 Å². The zero-order chi connectivity index (χ0) is 11.7. The lowest BCUT2D eigenvalue weighted by atomic mass is 10.1. The summed E-state index contributed by atoms with van der Waals surface area (Å²) in [6, 6.07) is 4.00. The predicted octanol–water partition coefficient (Wildman–Crippen LogP) is 2.78. The van der Waals surface area contributed by atoms with Gasteiger partial charge in [-0.15, -0.1) is 0 Å². The van der Waals surface area contributed by atoms with E-state index in [2.05, 4.69) is 4.98 Å². The SMILES string of the molecule is O=C(O)c1ncoc1-c1ccc(F)cc1I. The molecular formula is C10H5FINO3. The molecule has 0 atom stereocenters. The number of hydrogen-bond acceptors (Lipinski definition) is 3. The highest BCUT2D eigenvalue weighted by atomic mass is 127. The lowest BCUT2D eigenvalue weighted by molar-refractivity contribution is 0.0691. The van der Waals surface area contributed by atoms with Crippen LogP contribution in [0.25, 0.3) is 11.3 Å². The zero-order valence-corrected chi connectivity index (χ0v) is 9.93. The highest BCUT2D eigenvalue weighted by Gasteiger charge is 2.19. The van der Waals surface area contributed by atoms with Crippen molar-refractivity contribution in [3.05, 3.63) is 39.7 Å². The zero-order valence-electron chi connectivity index (χ0n) is 7.78. The fourth-order valence-electron chi connectivity index (χ4n) is 1.26. The molecule has 2 rings (SSSR count). The average Bonchev–Trinajstić information content (AvgIpc) is 2.66. The van der Waals surface area contributed by atoms with E-state index in [4.69, 9.17) is 9.52 Å². The Morgan fingerprint density at radius 2 is 2.25 bits per heavy atom. The number of carbonyl (C=O) groups is 1. The summed E-state index contributed by atoms with van der Waals surface area (Å²) < 4.78 is 18.5. The van der Waals surface area contributed by atoms with E-state index >= 15 is 0 Å². The molecule has 2 aromatic rings. The summed E-state index contributed by atoms with van der Waals surface area (Å²) >= 11 is 1.91. The van der Waals surface area contributed by atoms with Crippen molar-refractivity contribution in [2.75, 3.05) is 0 Å². The number of carboxylic acids is 1. The van der Waals surface area contributed by atoms with Gasteiger partial charge in [-0.1, -0.05) is 0 Å². The highest BCUT2D eigenvalue weighted by Crippen LogP contribution is 2.28. The quantitative estimate of drug-likeness (QED) is 0.859. The molecule has 6 heteroatoms. The van der Waals surface area contributed by atoms with Crippen LogP contribution in [0.1, 0.15) is 10.5 Å². The van der Waals surface area contributed by atoms with E-state index in [9.17, 15) is 9.18 Å². The normalized spacial score (nSPS) is 10.4. The van der Waals surface area contributed by atoms with Crippen LogP contribution in [0.4, 0.5) is 4.39 Å². The fourth-order valence-corrected chi connectivity index (χ4v) is 1.99. The van der Waals surface area contributed by atoms with E-state index in [1.807, 2.05) is 22.6 Å². The van der Waals surface area contributed by atoms with Gasteiger partial charge in [-0.2, -0.15) is 0 Å². The Morgan fingerprint density at radius 3 is 2.88 bits per heavy atom. The summed E-state index contributed by atoms with van der Waals surface area (Å²) in [6.45, 7) is 0. The van der Waals surface area contributed by atoms with Gasteiger partial charge in [-0.25, -0.2) is 14.2 Å². The van der Waals surface area contributed by atoms with Gasteiger partial charge in [0.15, 0.2) is 17.8 Å². The Labute approximate surface area is 103 Å². The Bertz CT molecular complexity index is 553. The second-order valence-electron chi connectivity index (χ2n) is 2.96. The van der Waals surface area contributed by atoms with E-state index in [0.717, 1.165) is 6.39 Å². The maximum atomic E-state index is 12.9. The van der Waals surface area contributed by atoms with Crippen LogP contribution in [0, 0.1) is 9.39 Å². The second-order valence-corrected chi connectivity index (χ2v) is 4.12. The third-order valence-electron chi connectivity index (χ3n) is 1.95. The highest BCUT2D eigenvalue weighted by molar-refractivity contribution is 14.1. The first-order chi connectivity index (χ1) is 7.59. The number of nitrogens with zero attached hydrogens (tertiary/aromatic N) is 1. The molecule has 0 radical (unpaired) electrons. The average molecular weight is 333 g/mol. The molecule has 0 aliphatic heterocycles. The molecule has 0 bridgehead atoms. The van der Waals surface area contributed by atoms with Gasteiger partial charge in [0.2, 0.25) is 0 Å². The van der Waals surface area contributed by atoms with Gasteiger partial charge >= 0.3 is 5.97 Å². The van der Waals surface area contributed by atoms with Crippen LogP contribution < -0.4 is 0 Å². The summed E-state index contributed by atoms with van der Waals surface area (Å²) in [6.07, 6.45) is 1.05. The van der Waals surface area contributed by atoms with Crippen molar-refractivity contribution < 1.29 is 18.7 Å². The van der Waals surface area contributed by atoms with E-state index in [-0.39, 0.29) is 17.3 Å². The van der Waals surface area contributed by atoms with Gasteiger partial charge in [-0.05, 0) is 40.8 Å². The van der Waals surface area contributed by atoms with Crippen LogP contribution in [-0.4, -0.2) is 16.1 Å². The molecule has 0 aliphatic carbocycles. The number of oxazole rings is 1. The number of hydrogen-bond donors (Lipinski definition) is 1. The molecule has 0 amide bonds. The Balaban J connectivity index is 2.59. The van der Waals surface area contributed by atoms with Gasteiger partial charge in [0.1, 0.15) is 5.82 Å². The van der Waals surface area contributed by atoms with Gasteiger partial charge < -0.3 is 9.52 Å². The number of aromatic carboxylic acids is 1. The van der Waals surface area contributed by atoms with Gasteiger partial charge in [0.25, 0.3) is 0 Å². The Kier molecular flexibility index (Phi) is 2.90. The van der Waals surface area contributed by atoms with Gasteiger partial charge in [0, 0.05) is 9.13 Å². The van der Waals surface area contributed by atoms with Crippen molar-refractivity contribution in [2.45, 2.75) is 0 Å². The third-order valence-corrected chi connectivity index (χ3v) is 2.84. The van der Waals surface area contributed by atoms with Crippen LogP contribution >= 0.6 is 22.6 Å². The standard InChI is InChI=1S/C10H5FINO3/c11-5-1-2-6(7(12)3-5)9-8(10(14)15)13-4-16-9/h1-4H,(H,14,15). The monoisotopic (exact) mass is 333 g/mol. The smallest absolute Gasteiger partial charge is 0.358 e. The number of carboxylic acid groups (broad SMARTS) is 1. The van der Waals surface area contributed by atoms with Gasteiger partial charge in [-0.3, -0.25) is 0 Å². The maximum absolute atomic E-state index is 12.9. The number of halogens is 2. The molecule has 1 N–H and O–H groups in total. The van der Waals surface area contributed by atoms with Crippen molar-refractivity contribution in [3.8, 4) is 11.3 Å². The fraction of sp³-hybridized carbons (Fsp3) is 0. The molecule has 1 aromatic heterocycles. The third kappa shape index (κ3) is 1.92. The molecule has 0 saturated heterocycles. The first-order valence-corrected chi connectivity index (χ1v) is 5.29. The van der Waals surface area contributed by atoms with Crippen molar-refractivity contribution in [3.63, 3.8) is 0 Å². The van der Waals surface area contributed by atoms with E-state index in [1.165, 1.54) is 18.2 Å². The van der Waals surface area contributed by atoms with E-state index in [1.54, 1.807) is 0 Å². The second kappa shape index (κ2) is 4.20. The molecule has 0 saturated carbocycles. The maximum Gasteiger partial charge on any atom is 0.358 e. The van der Waals surface area contributed by atoms with Crippen molar-refractivity contribution in [2.24, 2.45) is 0 Å². The number of benzene rings is 1. The van der Waals surface area contributed by atoms with Gasteiger partial charge in [0.05, 0.1) is 0 Å².